The molecular formula is C23H22N2O2. The Kier molecular flexibility index (Phi) is 4.79. The number of para-hydroxylation sites is 1. The third-order valence-corrected chi connectivity index (χ3v) is 4.72. The first-order valence-corrected chi connectivity index (χ1v) is 9.19. The molecule has 0 unspecified atom stereocenters. The molecule has 27 heavy (non-hydrogen) atoms. The second-order valence-corrected chi connectivity index (χ2v) is 6.51. The SMILES string of the molecule is CCOc1ccc([C@@H]2Nc3ccccc3C(=O)N2Cc2ccccc2)cc1. The lowest BCUT2D eigenvalue weighted by Gasteiger charge is -2.38. The summed E-state index contributed by atoms with van der Waals surface area (Å²) in [4.78, 5) is 15.1. The molecule has 0 aliphatic carbocycles. The van der Waals surface area contributed by atoms with E-state index in [0.29, 0.717) is 18.7 Å². The third-order valence-electron chi connectivity index (χ3n) is 4.72. The Hall–Kier alpha value is -3.27. The largest absolute Gasteiger partial charge is 0.494 e. The van der Waals surface area contributed by atoms with Crippen LogP contribution in [0.1, 0.15) is 34.6 Å². The van der Waals surface area contributed by atoms with Crippen LogP contribution in [0.5, 0.6) is 5.75 Å². The van der Waals surface area contributed by atoms with Gasteiger partial charge in [0.1, 0.15) is 11.9 Å². The van der Waals surface area contributed by atoms with Crippen molar-refractivity contribution in [1.82, 2.24) is 4.90 Å². The monoisotopic (exact) mass is 358 g/mol. The van der Waals surface area contributed by atoms with Gasteiger partial charge in [-0.3, -0.25) is 4.79 Å². The number of ether oxygens (including phenoxy) is 1. The normalized spacial score (nSPS) is 15.8. The Morgan fingerprint density at radius 2 is 1.63 bits per heavy atom. The fourth-order valence-corrected chi connectivity index (χ4v) is 3.41. The van der Waals surface area contributed by atoms with Gasteiger partial charge in [-0.05, 0) is 42.3 Å². The molecule has 1 atom stereocenters. The summed E-state index contributed by atoms with van der Waals surface area (Å²) in [6.07, 6.45) is -0.233. The van der Waals surface area contributed by atoms with Crippen LogP contribution >= 0.6 is 0 Å². The van der Waals surface area contributed by atoms with Crippen LogP contribution < -0.4 is 10.1 Å². The number of carbonyl (C=O) groups is 1. The molecule has 4 rings (SSSR count). The van der Waals surface area contributed by atoms with E-state index in [-0.39, 0.29) is 12.1 Å². The predicted octanol–water partition coefficient (Wildman–Crippen LogP) is 4.85. The number of rotatable bonds is 5. The average Bonchev–Trinajstić information content (AvgIpc) is 2.72. The number of nitrogens with zero attached hydrogens (tertiary/aromatic N) is 1. The third kappa shape index (κ3) is 3.51. The molecule has 0 bridgehead atoms. The minimum atomic E-state index is -0.233. The maximum absolute atomic E-state index is 13.2. The van der Waals surface area contributed by atoms with Gasteiger partial charge in [-0.2, -0.15) is 0 Å². The van der Waals surface area contributed by atoms with Gasteiger partial charge in [-0.1, -0.05) is 54.6 Å². The molecule has 1 aliphatic heterocycles. The predicted molar refractivity (Wildman–Crippen MR) is 107 cm³/mol. The van der Waals surface area contributed by atoms with Gasteiger partial charge < -0.3 is 15.0 Å². The van der Waals surface area contributed by atoms with Crippen molar-refractivity contribution in [3.05, 3.63) is 95.6 Å². The Balaban J connectivity index is 1.70. The number of nitrogens with one attached hydrogen (secondary N) is 1. The first-order valence-electron chi connectivity index (χ1n) is 9.19. The van der Waals surface area contributed by atoms with Crippen molar-refractivity contribution in [2.75, 3.05) is 11.9 Å². The topological polar surface area (TPSA) is 41.6 Å². The van der Waals surface area contributed by atoms with Crippen LogP contribution in [0.4, 0.5) is 5.69 Å². The zero-order valence-electron chi connectivity index (χ0n) is 15.3. The Bertz CT molecular complexity index is 923. The molecule has 1 N–H and O–H groups in total. The van der Waals surface area contributed by atoms with E-state index in [1.165, 1.54) is 0 Å². The van der Waals surface area contributed by atoms with Crippen molar-refractivity contribution in [1.29, 1.82) is 0 Å². The van der Waals surface area contributed by atoms with Crippen molar-refractivity contribution < 1.29 is 9.53 Å². The van der Waals surface area contributed by atoms with Crippen LogP contribution in [0.15, 0.2) is 78.9 Å². The average molecular weight is 358 g/mol. The quantitative estimate of drug-likeness (QED) is 0.709. The molecule has 3 aromatic carbocycles. The zero-order chi connectivity index (χ0) is 18.6. The summed E-state index contributed by atoms with van der Waals surface area (Å²) in [5, 5.41) is 3.53. The fourth-order valence-electron chi connectivity index (χ4n) is 3.41. The van der Waals surface area contributed by atoms with E-state index in [1.54, 1.807) is 0 Å². The van der Waals surface area contributed by atoms with Crippen LogP contribution in [0.2, 0.25) is 0 Å². The van der Waals surface area contributed by atoms with E-state index in [0.717, 1.165) is 22.6 Å². The summed E-state index contributed by atoms with van der Waals surface area (Å²) in [6.45, 7) is 3.14. The van der Waals surface area contributed by atoms with Crippen molar-refractivity contribution >= 4 is 11.6 Å². The summed E-state index contributed by atoms with van der Waals surface area (Å²) in [6, 6.07) is 25.7. The molecule has 3 aromatic rings. The minimum Gasteiger partial charge on any atom is -0.494 e. The summed E-state index contributed by atoms with van der Waals surface area (Å²) in [5.41, 5.74) is 3.70. The van der Waals surface area contributed by atoms with E-state index in [1.807, 2.05) is 90.7 Å². The van der Waals surface area contributed by atoms with Crippen LogP contribution in [0, 0.1) is 0 Å². The number of anilines is 1. The molecule has 0 aromatic heterocycles. The van der Waals surface area contributed by atoms with Crippen LogP contribution in [-0.4, -0.2) is 17.4 Å². The number of benzene rings is 3. The van der Waals surface area contributed by atoms with Gasteiger partial charge in [-0.25, -0.2) is 0 Å². The maximum atomic E-state index is 13.2. The van der Waals surface area contributed by atoms with E-state index in [9.17, 15) is 4.79 Å². The molecule has 4 heteroatoms. The molecular weight excluding hydrogens is 336 g/mol. The molecule has 0 saturated carbocycles. The van der Waals surface area contributed by atoms with Crippen LogP contribution in [-0.2, 0) is 6.54 Å². The van der Waals surface area contributed by atoms with Gasteiger partial charge in [0.25, 0.3) is 5.91 Å². The fraction of sp³-hybridized carbons (Fsp3) is 0.174. The van der Waals surface area contributed by atoms with Gasteiger partial charge in [-0.15, -0.1) is 0 Å². The van der Waals surface area contributed by atoms with Crippen LogP contribution in [0.25, 0.3) is 0 Å². The summed E-state index contributed by atoms with van der Waals surface area (Å²) < 4.78 is 5.55. The summed E-state index contributed by atoms with van der Waals surface area (Å²) in [7, 11) is 0. The number of hydrogen-bond donors (Lipinski definition) is 1. The van der Waals surface area contributed by atoms with Crippen molar-refractivity contribution in [2.24, 2.45) is 0 Å². The zero-order valence-corrected chi connectivity index (χ0v) is 15.3. The van der Waals surface area contributed by atoms with E-state index in [4.69, 9.17) is 4.74 Å². The highest BCUT2D eigenvalue weighted by Crippen LogP contribution is 2.34. The van der Waals surface area contributed by atoms with Crippen LogP contribution in [0.3, 0.4) is 0 Å². The highest BCUT2D eigenvalue weighted by Gasteiger charge is 2.32. The lowest BCUT2D eigenvalue weighted by molar-refractivity contribution is 0.0666. The lowest BCUT2D eigenvalue weighted by atomic mass is 10.0. The standard InChI is InChI=1S/C23H22N2O2/c1-2-27-19-14-12-18(13-15-19)22-24-21-11-7-6-10-20(21)23(26)25(22)16-17-8-4-3-5-9-17/h3-15,22,24H,2,16H2,1H3/t22-/m1/s1. The second-order valence-electron chi connectivity index (χ2n) is 6.51. The van der Waals surface area contributed by atoms with Gasteiger partial charge in [0.2, 0.25) is 0 Å². The summed E-state index contributed by atoms with van der Waals surface area (Å²) in [5.74, 6) is 0.866. The highest BCUT2D eigenvalue weighted by molar-refractivity contribution is 6.01. The molecule has 0 radical (unpaired) electrons. The minimum absolute atomic E-state index is 0.0343. The molecule has 1 amide bonds. The van der Waals surface area contributed by atoms with E-state index in [2.05, 4.69) is 5.32 Å². The number of carbonyl (C=O) groups excluding carboxylic acids is 1. The number of amides is 1. The van der Waals surface area contributed by atoms with E-state index < -0.39 is 0 Å². The van der Waals surface area contributed by atoms with Gasteiger partial charge in [0, 0.05) is 12.2 Å². The van der Waals surface area contributed by atoms with Crippen molar-refractivity contribution in [2.45, 2.75) is 19.6 Å². The molecule has 0 saturated heterocycles. The van der Waals surface area contributed by atoms with Gasteiger partial charge in [0.05, 0.1) is 12.2 Å². The van der Waals surface area contributed by atoms with Gasteiger partial charge in [0.15, 0.2) is 0 Å². The molecule has 0 fully saturated rings. The Morgan fingerprint density at radius 3 is 2.37 bits per heavy atom. The highest BCUT2D eigenvalue weighted by atomic mass is 16.5. The van der Waals surface area contributed by atoms with E-state index >= 15 is 0 Å². The molecule has 1 aliphatic rings. The molecule has 4 nitrogen and oxygen atoms in total. The molecule has 1 heterocycles. The smallest absolute Gasteiger partial charge is 0.258 e. The molecule has 136 valence electrons. The second kappa shape index (κ2) is 7.54. The maximum Gasteiger partial charge on any atom is 0.258 e. The van der Waals surface area contributed by atoms with Crippen molar-refractivity contribution in [3.8, 4) is 5.75 Å². The molecule has 0 spiro atoms. The first kappa shape index (κ1) is 17.2. The Morgan fingerprint density at radius 1 is 0.926 bits per heavy atom. The number of fused-ring (bicyclic) bond motifs is 1. The first-order chi connectivity index (χ1) is 13.3. The number of hydrogen-bond acceptors (Lipinski definition) is 3. The summed E-state index contributed by atoms with van der Waals surface area (Å²) >= 11 is 0. The lowest BCUT2D eigenvalue weighted by Crippen LogP contribution is -2.42. The van der Waals surface area contributed by atoms with Crippen molar-refractivity contribution in [3.63, 3.8) is 0 Å². The Labute approximate surface area is 159 Å². The van der Waals surface area contributed by atoms with Gasteiger partial charge >= 0.3 is 0 Å².